The molecule has 0 saturated carbocycles. The van der Waals surface area contributed by atoms with Crippen LogP contribution in [0.4, 0.5) is 0 Å². The minimum absolute atomic E-state index is 0. The maximum atomic E-state index is 2.24. The third-order valence-corrected chi connectivity index (χ3v) is 6.82. The van der Waals surface area contributed by atoms with Crippen LogP contribution in [0.15, 0.2) is 158 Å². The van der Waals surface area contributed by atoms with Crippen LogP contribution in [0.3, 0.4) is 0 Å². The van der Waals surface area contributed by atoms with Crippen molar-refractivity contribution in [3.8, 4) is 11.1 Å². The predicted octanol–water partition coefficient (Wildman–Crippen LogP) is 2.44. The molecule has 0 amide bonds. The molecule has 0 heterocycles. The van der Waals surface area contributed by atoms with Gasteiger partial charge in [-0.2, -0.15) is 18.2 Å². The van der Waals surface area contributed by atoms with Gasteiger partial charge in [0.25, 0.3) is 0 Å². The van der Waals surface area contributed by atoms with Crippen molar-refractivity contribution >= 4 is 14.0 Å². The molecular weight excluding hydrogens is 558 g/mol. The standard InChI is InChI=1S/C15H11.C13H10.C5H5.2ClH.Zr/c1-2-6-12(7-3-1)15-10-13-8-4-5-9-14(13)11-15;1-3-7-12(8-4-1)11-13-9-5-2-6-10-13;1-2-4-5-3-1;;;/h1-11H;1-10H;1-5H;2*1H;/q-1;;-1;;;+2/p-2. The molecule has 0 spiro atoms. The summed E-state index contributed by atoms with van der Waals surface area (Å²) in [6, 6.07) is 54.6. The van der Waals surface area contributed by atoms with E-state index in [0.29, 0.717) is 0 Å². The first-order valence-corrected chi connectivity index (χ1v) is 12.6. The Morgan fingerprint density at radius 2 is 1.00 bits per heavy atom. The average Bonchev–Trinajstić information content (AvgIpc) is 3.64. The molecule has 0 unspecified atom stereocenters. The Bertz CT molecular complexity index is 1300. The van der Waals surface area contributed by atoms with E-state index in [1.165, 1.54) is 60.5 Å². The smallest absolute Gasteiger partial charge is 0.0635 e. The van der Waals surface area contributed by atoms with Crippen molar-refractivity contribution in [2.45, 2.75) is 0 Å². The van der Waals surface area contributed by atoms with Gasteiger partial charge in [0.15, 0.2) is 0 Å². The fraction of sp³-hybridized carbons (Fsp3) is 0. The van der Waals surface area contributed by atoms with E-state index in [0.717, 1.165) is 0 Å². The second-order valence-electron chi connectivity index (χ2n) is 7.81. The van der Waals surface area contributed by atoms with Crippen molar-refractivity contribution in [3.05, 3.63) is 169 Å². The first-order valence-electron chi connectivity index (χ1n) is 11.4. The molecule has 0 saturated heterocycles. The summed E-state index contributed by atoms with van der Waals surface area (Å²) >= 11 is 1.46. The minimum Gasteiger partial charge on any atom is -0.214 e. The maximum absolute atomic E-state index is 2.24. The van der Waals surface area contributed by atoms with E-state index in [2.05, 4.69) is 121 Å². The Balaban J connectivity index is 0.000000204. The van der Waals surface area contributed by atoms with E-state index in [9.17, 15) is 0 Å². The van der Waals surface area contributed by atoms with Gasteiger partial charge in [0.05, 0.1) is 0 Å². The molecule has 3 heteroatoms. The Hall–Kier alpha value is -2.83. The predicted molar refractivity (Wildman–Crippen MR) is 143 cm³/mol. The number of benzene rings is 4. The number of hydrogen-bond donors (Lipinski definition) is 0. The zero-order valence-electron chi connectivity index (χ0n) is 19.8. The van der Waals surface area contributed by atoms with E-state index in [1.807, 2.05) is 36.4 Å². The van der Waals surface area contributed by atoms with Gasteiger partial charge >= 0.3 is 99.2 Å². The van der Waals surface area contributed by atoms with Gasteiger partial charge in [-0.05, 0) is 0 Å². The van der Waals surface area contributed by atoms with Crippen LogP contribution in [0.25, 0.3) is 21.9 Å². The summed E-state index contributed by atoms with van der Waals surface area (Å²) in [5.41, 5.74) is 5.25. The van der Waals surface area contributed by atoms with E-state index in [1.54, 1.807) is 0 Å². The Labute approximate surface area is 241 Å². The van der Waals surface area contributed by atoms with Gasteiger partial charge in [0.2, 0.25) is 0 Å². The van der Waals surface area contributed by atoms with Gasteiger partial charge < -0.3 is 24.8 Å². The molecule has 0 radical (unpaired) electrons. The zero-order valence-corrected chi connectivity index (χ0v) is 23.7. The van der Waals surface area contributed by atoms with Gasteiger partial charge in [0.1, 0.15) is 0 Å². The van der Waals surface area contributed by atoms with Crippen molar-refractivity contribution in [3.63, 3.8) is 0 Å². The number of hydrogen-bond acceptors (Lipinski definition) is 0. The van der Waals surface area contributed by atoms with Gasteiger partial charge in [-0.1, -0.05) is 54.1 Å². The molecule has 0 aliphatic carbocycles. The van der Waals surface area contributed by atoms with Crippen LogP contribution < -0.4 is 24.8 Å². The SMILES string of the molecule is [Cl-].[Cl-].[Zr+2]=[C](c1ccccc1)c1ccccc1.c1cc[cH-]c1.c1ccc(-c2cc3ccccc3[cH-]2)cc1. The Morgan fingerprint density at radius 3 is 1.47 bits per heavy atom. The molecule has 0 N–H and O–H groups in total. The Morgan fingerprint density at radius 1 is 0.528 bits per heavy atom. The molecule has 178 valence electrons. The Kier molecular flexibility index (Phi) is 13.1. The van der Waals surface area contributed by atoms with E-state index < -0.39 is 0 Å². The molecule has 36 heavy (non-hydrogen) atoms. The largest absolute Gasteiger partial charge is 0.214 e. The second-order valence-corrected chi connectivity index (χ2v) is 9.04. The van der Waals surface area contributed by atoms with Crippen LogP contribution in [-0.4, -0.2) is 3.21 Å². The van der Waals surface area contributed by atoms with Crippen LogP contribution in [-0.2, 0) is 24.2 Å². The zero-order chi connectivity index (χ0) is 23.4. The van der Waals surface area contributed by atoms with Crippen LogP contribution in [0, 0.1) is 0 Å². The van der Waals surface area contributed by atoms with Crippen LogP contribution in [0.1, 0.15) is 11.1 Å². The number of halogens is 2. The van der Waals surface area contributed by atoms with Gasteiger partial charge in [-0.25, -0.2) is 12.1 Å². The monoisotopic (exact) mass is 582 g/mol. The van der Waals surface area contributed by atoms with Crippen molar-refractivity contribution < 1.29 is 49.0 Å². The molecule has 0 aliphatic heterocycles. The fourth-order valence-corrected chi connectivity index (χ4v) is 4.46. The molecule has 0 nitrogen and oxygen atoms in total. The second kappa shape index (κ2) is 16.0. The van der Waals surface area contributed by atoms with Gasteiger partial charge in [0, 0.05) is 0 Å². The molecule has 0 bridgehead atoms. The van der Waals surface area contributed by atoms with Crippen molar-refractivity contribution in [1.29, 1.82) is 0 Å². The number of fused-ring (bicyclic) bond motifs is 1. The number of rotatable bonds is 3. The quantitative estimate of drug-likeness (QED) is 0.281. The van der Waals surface area contributed by atoms with Gasteiger partial charge in [-0.15, -0.1) is 34.5 Å². The van der Waals surface area contributed by atoms with Crippen molar-refractivity contribution in [2.24, 2.45) is 0 Å². The van der Waals surface area contributed by atoms with Crippen molar-refractivity contribution in [1.82, 2.24) is 0 Å². The third-order valence-electron chi connectivity index (χ3n) is 5.41. The molecular formula is C33H26Cl2Zr-2. The normalized spacial score (nSPS) is 9.39. The van der Waals surface area contributed by atoms with E-state index >= 15 is 0 Å². The fourth-order valence-electron chi connectivity index (χ4n) is 3.64. The minimum atomic E-state index is 0. The first kappa shape index (κ1) is 29.4. The summed E-state index contributed by atoms with van der Waals surface area (Å²) in [7, 11) is 0. The maximum Gasteiger partial charge on any atom is -0.0635 e. The first-order chi connectivity index (χ1) is 16.8. The van der Waals surface area contributed by atoms with Gasteiger partial charge in [-0.3, -0.25) is 0 Å². The van der Waals surface area contributed by atoms with Crippen LogP contribution >= 0.6 is 0 Å². The summed E-state index contributed by atoms with van der Waals surface area (Å²) in [6.45, 7) is 0. The molecule has 6 rings (SSSR count). The molecule has 6 aromatic rings. The molecule has 0 atom stereocenters. The van der Waals surface area contributed by atoms with Crippen molar-refractivity contribution in [2.75, 3.05) is 0 Å². The van der Waals surface area contributed by atoms with Crippen LogP contribution in [0.5, 0.6) is 0 Å². The molecule has 0 aliphatic rings. The topological polar surface area (TPSA) is 0 Å². The summed E-state index contributed by atoms with van der Waals surface area (Å²) in [5, 5.41) is 2.63. The molecule has 0 aromatic heterocycles. The summed E-state index contributed by atoms with van der Waals surface area (Å²) in [4.78, 5) is 0. The average molecular weight is 585 g/mol. The van der Waals surface area contributed by atoms with Crippen LogP contribution in [0.2, 0.25) is 0 Å². The third kappa shape index (κ3) is 8.68. The molecule has 6 aromatic carbocycles. The molecule has 0 fully saturated rings. The van der Waals surface area contributed by atoms with E-state index in [-0.39, 0.29) is 24.8 Å². The summed E-state index contributed by atoms with van der Waals surface area (Å²) in [6.07, 6.45) is 0. The summed E-state index contributed by atoms with van der Waals surface area (Å²) < 4.78 is 1.42. The summed E-state index contributed by atoms with van der Waals surface area (Å²) in [5.74, 6) is 0. The van der Waals surface area contributed by atoms with E-state index in [4.69, 9.17) is 0 Å².